The number of likely N-dealkylation sites (tertiary alicyclic amines) is 1. The van der Waals surface area contributed by atoms with Crippen molar-refractivity contribution in [3.05, 3.63) is 59.2 Å². The third kappa shape index (κ3) is 5.77. The molecule has 3 rings (SSSR count). The maximum absolute atomic E-state index is 13.2. The number of ketones is 1. The fraction of sp³-hybridized carbons (Fsp3) is 0.407. The molecule has 0 radical (unpaired) electrons. The summed E-state index contributed by atoms with van der Waals surface area (Å²) in [6, 6.07) is 11.1. The monoisotopic (exact) mass is 483 g/mol. The lowest BCUT2D eigenvalue weighted by Crippen LogP contribution is -2.31. The van der Waals surface area contributed by atoms with Crippen LogP contribution in [0.4, 0.5) is 0 Å². The molecule has 8 nitrogen and oxygen atoms in total. The van der Waals surface area contributed by atoms with Gasteiger partial charge < -0.3 is 29.0 Å². The van der Waals surface area contributed by atoms with Gasteiger partial charge in [-0.05, 0) is 48.7 Å². The maximum Gasteiger partial charge on any atom is 0.295 e. The number of carbonyl (C=O) groups is 2. The number of amides is 1. The number of aliphatic hydroxyl groups excluding tert-OH is 1. The minimum Gasteiger partial charge on any atom is -0.507 e. The number of methoxy groups -OCH3 is 3. The first kappa shape index (κ1) is 26.1. The average Bonchev–Trinajstić information content (AvgIpc) is 3.11. The molecule has 0 saturated carbocycles. The Kier molecular flexibility index (Phi) is 8.76. The molecule has 2 aromatic carbocycles. The lowest BCUT2D eigenvalue weighted by Gasteiger charge is -2.26. The summed E-state index contributed by atoms with van der Waals surface area (Å²) in [7, 11) is 4.62. The molecule has 35 heavy (non-hydrogen) atoms. The van der Waals surface area contributed by atoms with Gasteiger partial charge in [0, 0.05) is 37.5 Å². The Morgan fingerprint density at radius 1 is 1.00 bits per heavy atom. The number of ether oxygens (including phenoxy) is 4. The molecule has 1 unspecified atom stereocenters. The lowest BCUT2D eigenvalue weighted by molar-refractivity contribution is -0.140. The molecule has 1 atom stereocenters. The Bertz CT molecular complexity index is 1080. The number of carbonyl (C=O) groups excluding carboxylic acids is 2. The summed E-state index contributed by atoms with van der Waals surface area (Å²) >= 11 is 0. The summed E-state index contributed by atoms with van der Waals surface area (Å²) in [5.74, 6) is 0.358. The third-order valence-electron chi connectivity index (χ3n) is 5.73. The fourth-order valence-corrected chi connectivity index (χ4v) is 3.98. The average molecular weight is 484 g/mol. The highest BCUT2D eigenvalue weighted by atomic mass is 16.5. The highest BCUT2D eigenvalue weighted by molar-refractivity contribution is 6.46. The zero-order valence-corrected chi connectivity index (χ0v) is 20.9. The van der Waals surface area contributed by atoms with E-state index in [0.717, 1.165) is 0 Å². The molecule has 8 heteroatoms. The summed E-state index contributed by atoms with van der Waals surface area (Å²) in [5, 5.41) is 11.3. The number of Topliss-reactive ketones (excluding diaryl/α,β-unsaturated/α-hetero) is 1. The maximum atomic E-state index is 13.2. The number of rotatable bonds is 11. The van der Waals surface area contributed by atoms with E-state index in [9.17, 15) is 14.7 Å². The van der Waals surface area contributed by atoms with Crippen LogP contribution in [0.25, 0.3) is 5.76 Å². The molecule has 1 aliphatic heterocycles. The Labute approximate surface area is 206 Å². The van der Waals surface area contributed by atoms with Crippen LogP contribution in [0.15, 0.2) is 48.0 Å². The van der Waals surface area contributed by atoms with Crippen LogP contribution in [-0.2, 0) is 14.3 Å². The van der Waals surface area contributed by atoms with E-state index < -0.39 is 17.7 Å². The first-order valence-electron chi connectivity index (χ1n) is 11.5. The SMILES string of the molecule is COCCCN1C(=O)C(=O)/C(=C(/O)c2ccc(OCC(C)C)cc2)C1c1ccc(OC)cc1OC. The Balaban J connectivity index is 2.08. The second kappa shape index (κ2) is 11.8. The highest BCUT2D eigenvalue weighted by Gasteiger charge is 2.46. The minimum atomic E-state index is -0.829. The molecule has 0 bridgehead atoms. The first-order chi connectivity index (χ1) is 16.8. The van der Waals surface area contributed by atoms with Gasteiger partial charge in [-0.1, -0.05) is 13.8 Å². The van der Waals surface area contributed by atoms with Crippen molar-refractivity contribution >= 4 is 17.4 Å². The summed E-state index contributed by atoms with van der Waals surface area (Å²) in [4.78, 5) is 27.7. The molecule has 1 amide bonds. The van der Waals surface area contributed by atoms with E-state index in [1.54, 1.807) is 56.7 Å². The van der Waals surface area contributed by atoms with Crippen LogP contribution in [0.2, 0.25) is 0 Å². The van der Waals surface area contributed by atoms with E-state index >= 15 is 0 Å². The molecule has 1 saturated heterocycles. The molecule has 0 aliphatic carbocycles. The number of benzene rings is 2. The van der Waals surface area contributed by atoms with Gasteiger partial charge in [-0.15, -0.1) is 0 Å². The topological polar surface area (TPSA) is 94.5 Å². The van der Waals surface area contributed by atoms with Crippen molar-refractivity contribution in [1.82, 2.24) is 4.90 Å². The van der Waals surface area contributed by atoms with Crippen LogP contribution < -0.4 is 14.2 Å². The van der Waals surface area contributed by atoms with Gasteiger partial charge in [0.05, 0.1) is 32.4 Å². The van der Waals surface area contributed by atoms with Crippen molar-refractivity contribution in [1.29, 1.82) is 0 Å². The van der Waals surface area contributed by atoms with Gasteiger partial charge in [0.2, 0.25) is 0 Å². The van der Waals surface area contributed by atoms with Crippen LogP contribution in [0.5, 0.6) is 17.2 Å². The zero-order valence-electron chi connectivity index (χ0n) is 20.9. The highest BCUT2D eigenvalue weighted by Crippen LogP contribution is 2.43. The van der Waals surface area contributed by atoms with Gasteiger partial charge in [-0.25, -0.2) is 0 Å². The summed E-state index contributed by atoms with van der Waals surface area (Å²) in [5.41, 5.74) is 0.990. The molecule has 188 valence electrons. The predicted molar refractivity (Wildman–Crippen MR) is 132 cm³/mol. The second-order valence-corrected chi connectivity index (χ2v) is 8.68. The number of hydrogen-bond donors (Lipinski definition) is 1. The van der Waals surface area contributed by atoms with Crippen molar-refractivity contribution in [2.45, 2.75) is 26.3 Å². The van der Waals surface area contributed by atoms with Crippen LogP contribution in [0.3, 0.4) is 0 Å². The van der Waals surface area contributed by atoms with Crippen LogP contribution in [0.1, 0.15) is 37.4 Å². The molecular weight excluding hydrogens is 450 g/mol. The Hall–Kier alpha value is -3.52. The predicted octanol–water partition coefficient (Wildman–Crippen LogP) is 4.20. The third-order valence-corrected chi connectivity index (χ3v) is 5.73. The van der Waals surface area contributed by atoms with Gasteiger partial charge in [-0.3, -0.25) is 9.59 Å². The summed E-state index contributed by atoms with van der Waals surface area (Å²) in [6.45, 7) is 5.37. The summed E-state index contributed by atoms with van der Waals surface area (Å²) < 4.78 is 21.7. The van der Waals surface area contributed by atoms with E-state index in [1.165, 1.54) is 12.0 Å². The van der Waals surface area contributed by atoms with Crippen LogP contribution >= 0.6 is 0 Å². The van der Waals surface area contributed by atoms with Gasteiger partial charge >= 0.3 is 0 Å². The first-order valence-corrected chi connectivity index (χ1v) is 11.5. The fourth-order valence-electron chi connectivity index (χ4n) is 3.98. The van der Waals surface area contributed by atoms with Crippen molar-refractivity contribution in [3.8, 4) is 17.2 Å². The largest absolute Gasteiger partial charge is 0.507 e. The lowest BCUT2D eigenvalue weighted by atomic mass is 9.94. The molecule has 0 aromatic heterocycles. The second-order valence-electron chi connectivity index (χ2n) is 8.68. The van der Waals surface area contributed by atoms with Crippen molar-refractivity contribution in [3.63, 3.8) is 0 Å². The van der Waals surface area contributed by atoms with Crippen molar-refractivity contribution < 1.29 is 33.6 Å². The smallest absolute Gasteiger partial charge is 0.295 e. The van der Waals surface area contributed by atoms with Crippen molar-refractivity contribution in [2.24, 2.45) is 5.92 Å². The van der Waals surface area contributed by atoms with E-state index in [2.05, 4.69) is 13.8 Å². The van der Waals surface area contributed by atoms with E-state index in [-0.39, 0.29) is 17.9 Å². The minimum absolute atomic E-state index is 0.00623. The molecule has 0 spiro atoms. The van der Waals surface area contributed by atoms with E-state index in [4.69, 9.17) is 18.9 Å². The van der Waals surface area contributed by atoms with Crippen LogP contribution in [-0.4, -0.2) is 62.8 Å². The standard InChI is InChI=1S/C27H33NO7/c1-17(2)16-35-19-9-7-18(8-10-19)25(29)23-24(21-12-11-20(33-4)15-22(21)34-5)28(13-6-14-32-3)27(31)26(23)30/h7-12,15,17,24,29H,6,13-14,16H2,1-5H3/b25-23+. The van der Waals surface area contributed by atoms with Crippen molar-refractivity contribution in [2.75, 3.05) is 41.1 Å². The molecule has 1 heterocycles. The molecule has 1 fully saturated rings. The Morgan fingerprint density at radius 3 is 2.29 bits per heavy atom. The Morgan fingerprint density at radius 2 is 1.69 bits per heavy atom. The molecule has 1 aliphatic rings. The van der Waals surface area contributed by atoms with E-state index in [0.29, 0.717) is 53.9 Å². The molecule has 1 N–H and O–H groups in total. The number of nitrogens with zero attached hydrogens (tertiary/aromatic N) is 1. The number of hydrogen-bond acceptors (Lipinski definition) is 7. The van der Waals surface area contributed by atoms with Crippen LogP contribution in [0, 0.1) is 5.92 Å². The normalized spacial score (nSPS) is 17.2. The molecule has 2 aromatic rings. The zero-order chi connectivity index (χ0) is 25.5. The van der Waals surface area contributed by atoms with Gasteiger partial charge in [0.1, 0.15) is 23.0 Å². The van der Waals surface area contributed by atoms with Gasteiger partial charge in [0.25, 0.3) is 11.7 Å². The van der Waals surface area contributed by atoms with Gasteiger partial charge in [-0.2, -0.15) is 0 Å². The number of aliphatic hydroxyl groups is 1. The summed E-state index contributed by atoms with van der Waals surface area (Å²) in [6.07, 6.45) is 0.528. The molecular formula is C27H33NO7. The van der Waals surface area contributed by atoms with E-state index in [1.807, 2.05) is 0 Å². The van der Waals surface area contributed by atoms with Gasteiger partial charge in [0.15, 0.2) is 0 Å². The quantitative estimate of drug-likeness (QED) is 0.222.